The van der Waals surface area contributed by atoms with Gasteiger partial charge in [0.05, 0.1) is 5.69 Å². The number of para-hydroxylation sites is 2. The lowest BCUT2D eigenvalue weighted by molar-refractivity contribution is -0.125. The van der Waals surface area contributed by atoms with Gasteiger partial charge < -0.3 is 14.8 Å². The van der Waals surface area contributed by atoms with Crippen LogP contribution in [0.5, 0.6) is 11.5 Å². The monoisotopic (exact) mass is 358 g/mol. The Hall–Kier alpha value is -3.60. The lowest BCUT2D eigenvalue weighted by Crippen LogP contribution is -2.40. The Labute approximate surface area is 157 Å². The Morgan fingerprint density at radius 3 is 2.70 bits per heavy atom. The molecule has 1 aliphatic rings. The molecule has 4 rings (SSSR count). The fourth-order valence-electron chi connectivity index (χ4n) is 2.75. The maximum Gasteiger partial charge on any atom is 0.269 e. The number of hydrogen-bond acceptors (Lipinski definition) is 4. The Morgan fingerprint density at radius 2 is 1.85 bits per heavy atom. The van der Waals surface area contributed by atoms with E-state index in [1.165, 1.54) is 0 Å². The number of ether oxygens (including phenoxy) is 2. The minimum atomic E-state index is -0.687. The van der Waals surface area contributed by atoms with E-state index in [9.17, 15) is 4.79 Å². The first kappa shape index (κ1) is 16.8. The first-order valence-electron chi connectivity index (χ1n) is 8.66. The van der Waals surface area contributed by atoms with Gasteiger partial charge in [-0.05, 0) is 48.0 Å². The number of carbonyl (C=O) groups excluding carboxylic acids is 1. The molecular weight excluding hydrogens is 340 g/mol. The van der Waals surface area contributed by atoms with Crippen LogP contribution in [-0.2, 0) is 4.79 Å². The molecule has 0 unspecified atom stereocenters. The van der Waals surface area contributed by atoms with Crippen LogP contribution in [0.2, 0.25) is 0 Å². The van der Waals surface area contributed by atoms with Crippen LogP contribution < -0.4 is 14.8 Å². The zero-order valence-corrected chi connectivity index (χ0v) is 14.5. The number of anilines is 1. The third-order valence-electron chi connectivity index (χ3n) is 4.09. The average molecular weight is 358 g/mol. The van der Waals surface area contributed by atoms with E-state index < -0.39 is 6.10 Å². The summed E-state index contributed by atoms with van der Waals surface area (Å²) >= 11 is 0. The molecule has 5 heteroatoms. The van der Waals surface area contributed by atoms with Gasteiger partial charge in [-0.15, -0.1) is 0 Å². The molecule has 5 nitrogen and oxygen atoms in total. The number of aromatic nitrogens is 1. The fourth-order valence-corrected chi connectivity index (χ4v) is 2.75. The highest BCUT2D eigenvalue weighted by atomic mass is 16.6. The number of pyridine rings is 1. The van der Waals surface area contributed by atoms with Crippen molar-refractivity contribution in [3.8, 4) is 11.5 Å². The van der Waals surface area contributed by atoms with E-state index in [0.717, 1.165) is 11.3 Å². The van der Waals surface area contributed by atoms with Gasteiger partial charge in [-0.3, -0.25) is 9.78 Å². The molecule has 1 atom stereocenters. The predicted molar refractivity (Wildman–Crippen MR) is 105 cm³/mol. The minimum Gasteiger partial charge on any atom is -0.485 e. The van der Waals surface area contributed by atoms with Crippen molar-refractivity contribution < 1.29 is 14.3 Å². The van der Waals surface area contributed by atoms with Crippen molar-refractivity contribution in [2.24, 2.45) is 0 Å². The topological polar surface area (TPSA) is 60.5 Å². The molecule has 1 aromatic heterocycles. The Kier molecular flexibility index (Phi) is 4.83. The molecule has 1 amide bonds. The van der Waals surface area contributed by atoms with Crippen LogP contribution in [-0.4, -0.2) is 23.6 Å². The molecule has 134 valence electrons. The quantitative estimate of drug-likeness (QED) is 0.765. The third kappa shape index (κ3) is 4.15. The molecule has 0 fully saturated rings. The van der Waals surface area contributed by atoms with Crippen molar-refractivity contribution in [1.82, 2.24) is 4.98 Å². The highest BCUT2D eigenvalue weighted by Gasteiger charge is 2.27. The van der Waals surface area contributed by atoms with E-state index in [0.29, 0.717) is 17.2 Å². The molecule has 27 heavy (non-hydrogen) atoms. The lowest BCUT2D eigenvalue weighted by Gasteiger charge is -2.25. The van der Waals surface area contributed by atoms with Gasteiger partial charge in [-0.1, -0.05) is 36.4 Å². The Balaban J connectivity index is 1.42. The first-order valence-corrected chi connectivity index (χ1v) is 8.66. The minimum absolute atomic E-state index is 0.183. The van der Waals surface area contributed by atoms with Gasteiger partial charge in [-0.2, -0.15) is 0 Å². The first-order chi connectivity index (χ1) is 13.3. The summed E-state index contributed by atoms with van der Waals surface area (Å²) in [5.74, 6) is 0.995. The molecule has 0 saturated carbocycles. The van der Waals surface area contributed by atoms with Gasteiger partial charge in [0.25, 0.3) is 5.91 Å². The summed E-state index contributed by atoms with van der Waals surface area (Å²) in [5, 5.41) is 2.89. The summed E-state index contributed by atoms with van der Waals surface area (Å²) in [4.78, 5) is 16.8. The summed E-state index contributed by atoms with van der Waals surface area (Å²) in [6.45, 7) is 0.183. The van der Waals surface area contributed by atoms with E-state index in [2.05, 4.69) is 10.3 Å². The van der Waals surface area contributed by atoms with E-state index >= 15 is 0 Å². The van der Waals surface area contributed by atoms with Crippen molar-refractivity contribution in [2.75, 3.05) is 11.9 Å². The van der Waals surface area contributed by atoms with Gasteiger partial charge in [0, 0.05) is 11.9 Å². The summed E-state index contributed by atoms with van der Waals surface area (Å²) in [5.41, 5.74) is 2.54. The Morgan fingerprint density at radius 1 is 1.00 bits per heavy atom. The molecule has 0 spiro atoms. The van der Waals surface area contributed by atoms with Crippen molar-refractivity contribution in [1.29, 1.82) is 0 Å². The molecule has 2 heterocycles. The third-order valence-corrected chi connectivity index (χ3v) is 4.09. The number of hydrogen-bond donors (Lipinski definition) is 1. The number of nitrogens with one attached hydrogen (secondary N) is 1. The largest absolute Gasteiger partial charge is 0.485 e. The van der Waals surface area contributed by atoms with Gasteiger partial charge >= 0.3 is 0 Å². The summed E-state index contributed by atoms with van der Waals surface area (Å²) in [7, 11) is 0. The standard InChI is InChI=1S/C22H18N2O3/c25-22(21-15-26-19-9-1-2-10-20(19)27-21)24-18-8-5-6-16(14-18)11-12-17-7-3-4-13-23-17/h1-14,21H,15H2,(H,24,25)/b12-11+/t21-/m0/s1. The maximum atomic E-state index is 12.5. The van der Waals surface area contributed by atoms with Crippen molar-refractivity contribution in [3.05, 3.63) is 84.2 Å². The molecule has 0 aliphatic carbocycles. The van der Waals surface area contributed by atoms with Crippen LogP contribution >= 0.6 is 0 Å². The zero-order valence-electron chi connectivity index (χ0n) is 14.5. The number of carbonyl (C=O) groups is 1. The molecule has 1 N–H and O–H groups in total. The van der Waals surface area contributed by atoms with Crippen LogP contribution in [0.4, 0.5) is 5.69 Å². The number of rotatable bonds is 4. The molecular formula is C22H18N2O3. The number of benzene rings is 2. The van der Waals surface area contributed by atoms with E-state index in [1.54, 1.807) is 12.3 Å². The maximum absolute atomic E-state index is 12.5. The second-order valence-electron chi connectivity index (χ2n) is 6.07. The molecule has 2 aromatic carbocycles. The van der Waals surface area contributed by atoms with Crippen LogP contribution in [0.15, 0.2) is 72.9 Å². The SMILES string of the molecule is O=C(Nc1cccc(/C=C/c2ccccn2)c1)[C@@H]1COc2ccccc2O1. The number of amides is 1. The smallest absolute Gasteiger partial charge is 0.269 e. The second-order valence-corrected chi connectivity index (χ2v) is 6.07. The van der Waals surface area contributed by atoms with E-state index in [4.69, 9.17) is 9.47 Å². The van der Waals surface area contributed by atoms with E-state index in [-0.39, 0.29) is 12.5 Å². The number of fused-ring (bicyclic) bond motifs is 1. The fraction of sp³-hybridized carbons (Fsp3) is 0.0909. The number of nitrogens with zero attached hydrogens (tertiary/aromatic N) is 1. The van der Waals surface area contributed by atoms with Gasteiger partial charge in [0.15, 0.2) is 11.5 Å². The van der Waals surface area contributed by atoms with Gasteiger partial charge in [0.2, 0.25) is 6.10 Å². The van der Waals surface area contributed by atoms with Crippen LogP contribution in [0.1, 0.15) is 11.3 Å². The van der Waals surface area contributed by atoms with Gasteiger partial charge in [-0.25, -0.2) is 0 Å². The summed E-state index contributed by atoms with van der Waals surface area (Å²) < 4.78 is 11.3. The highest BCUT2D eigenvalue weighted by molar-refractivity contribution is 5.95. The normalized spacial score (nSPS) is 15.5. The summed E-state index contributed by atoms with van der Waals surface area (Å²) in [6, 6.07) is 20.7. The predicted octanol–water partition coefficient (Wildman–Crippen LogP) is 4.03. The van der Waals surface area contributed by atoms with Crippen LogP contribution in [0, 0.1) is 0 Å². The molecule has 0 radical (unpaired) electrons. The van der Waals surface area contributed by atoms with Crippen molar-refractivity contribution in [3.63, 3.8) is 0 Å². The molecule has 0 saturated heterocycles. The molecule has 1 aliphatic heterocycles. The summed E-state index contributed by atoms with van der Waals surface area (Å²) in [6.07, 6.45) is 4.94. The van der Waals surface area contributed by atoms with Crippen LogP contribution in [0.25, 0.3) is 12.2 Å². The average Bonchev–Trinajstić information content (AvgIpc) is 2.73. The lowest BCUT2D eigenvalue weighted by atomic mass is 10.1. The highest BCUT2D eigenvalue weighted by Crippen LogP contribution is 2.31. The molecule has 0 bridgehead atoms. The second kappa shape index (κ2) is 7.74. The van der Waals surface area contributed by atoms with Gasteiger partial charge in [0.1, 0.15) is 6.61 Å². The van der Waals surface area contributed by atoms with Crippen LogP contribution in [0.3, 0.4) is 0 Å². The van der Waals surface area contributed by atoms with Crippen molar-refractivity contribution in [2.45, 2.75) is 6.10 Å². The zero-order chi connectivity index (χ0) is 18.5. The van der Waals surface area contributed by atoms with Crippen molar-refractivity contribution >= 4 is 23.7 Å². The van der Waals surface area contributed by atoms with E-state index in [1.807, 2.05) is 72.8 Å². The molecule has 3 aromatic rings. The Bertz CT molecular complexity index is 970.